The topological polar surface area (TPSA) is 96.6 Å². The van der Waals surface area contributed by atoms with Crippen molar-refractivity contribution in [3.63, 3.8) is 0 Å². The zero-order valence-electron chi connectivity index (χ0n) is 18.8. The van der Waals surface area contributed by atoms with Gasteiger partial charge in [-0.1, -0.05) is 23.2 Å². The second-order valence-electron chi connectivity index (χ2n) is 8.59. The van der Waals surface area contributed by atoms with E-state index in [0.717, 1.165) is 46.1 Å². The van der Waals surface area contributed by atoms with Gasteiger partial charge in [-0.25, -0.2) is 13.7 Å². The molecule has 7 nitrogen and oxygen atoms in total. The van der Waals surface area contributed by atoms with E-state index in [-0.39, 0.29) is 18.1 Å². The van der Waals surface area contributed by atoms with E-state index in [4.69, 9.17) is 32.7 Å². The van der Waals surface area contributed by atoms with E-state index in [9.17, 15) is 22.5 Å². The van der Waals surface area contributed by atoms with Crippen LogP contribution in [-0.4, -0.2) is 45.6 Å². The summed E-state index contributed by atoms with van der Waals surface area (Å²) in [5, 5.41) is 14.1. The van der Waals surface area contributed by atoms with Crippen molar-refractivity contribution in [2.24, 2.45) is 0 Å². The van der Waals surface area contributed by atoms with Crippen molar-refractivity contribution >= 4 is 54.9 Å². The Kier molecular flexibility index (Phi) is 6.80. The maximum atomic E-state index is 13.2. The minimum atomic E-state index is -4.87. The number of hydrogen-bond donors (Lipinski definition) is 3. The van der Waals surface area contributed by atoms with Crippen molar-refractivity contribution in [1.29, 1.82) is 4.78 Å². The van der Waals surface area contributed by atoms with Crippen LogP contribution in [0.3, 0.4) is 0 Å². The van der Waals surface area contributed by atoms with Crippen molar-refractivity contribution < 1.29 is 32.0 Å². The first kappa shape index (κ1) is 26.1. The highest BCUT2D eigenvalue weighted by Crippen LogP contribution is 2.37. The zero-order valence-corrected chi connectivity index (χ0v) is 21.2. The summed E-state index contributed by atoms with van der Waals surface area (Å²) in [6.45, 7) is 0.115. The standard InChI is InChI=1S/C24H20Cl2F3N3O4S/c25-13-1-7-20-17(9-13)18-10-14(26)2-8-21(18)32(20)22-12-35-11-19(23(22)33)31-37(30,34)16-5-3-15(4-6-16)36-24(27,28)29/h1-10,19,22-23,33H,11-12H2,(H2,30,31,34)/t19-,22-,23+,37?/m1/s1. The average Bonchev–Trinajstić information content (AvgIpc) is 3.12. The minimum Gasteiger partial charge on any atom is -0.406 e. The van der Waals surface area contributed by atoms with E-state index in [1.165, 1.54) is 0 Å². The number of alkyl halides is 3. The van der Waals surface area contributed by atoms with Crippen LogP contribution >= 0.6 is 23.2 Å². The third-order valence-corrected chi connectivity index (χ3v) is 8.20. The lowest BCUT2D eigenvalue weighted by Crippen LogP contribution is -2.53. The Morgan fingerprint density at radius 2 is 1.57 bits per heavy atom. The van der Waals surface area contributed by atoms with Gasteiger partial charge in [-0.15, -0.1) is 13.2 Å². The molecule has 0 radical (unpaired) electrons. The van der Waals surface area contributed by atoms with E-state index in [1.807, 2.05) is 16.7 Å². The number of fused-ring (bicyclic) bond motifs is 3. The fraction of sp³-hybridized carbons (Fsp3) is 0.250. The van der Waals surface area contributed by atoms with Gasteiger partial charge in [0.2, 0.25) is 0 Å². The molecule has 4 aromatic rings. The van der Waals surface area contributed by atoms with E-state index in [2.05, 4.69) is 9.46 Å². The Morgan fingerprint density at radius 3 is 2.11 bits per heavy atom. The zero-order chi connectivity index (χ0) is 26.5. The summed E-state index contributed by atoms with van der Waals surface area (Å²) in [4.78, 5) is -0.0718. The summed E-state index contributed by atoms with van der Waals surface area (Å²) in [5.41, 5.74) is 1.56. The molecule has 1 fully saturated rings. The third-order valence-electron chi connectivity index (χ3n) is 6.16. The van der Waals surface area contributed by atoms with Gasteiger partial charge in [0.1, 0.15) is 15.7 Å². The summed E-state index contributed by atoms with van der Waals surface area (Å²) in [6.07, 6.45) is -6.00. The average molecular weight is 574 g/mol. The molecule has 3 aromatic carbocycles. The van der Waals surface area contributed by atoms with Gasteiger partial charge >= 0.3 is 6.36 Å². The number of halogens is 5. The SMILES string of the molecule is N=S(=O)(N[C@@H]1COC[C@@H](n2c3ccc(Cl)cc3c3cc(Cl)ccc32)[C@H]1O)c1ccc(OC(F)(F)F)cc1. The molecule has 1 aromatic heterocycles. The number of aliphatic hydroxyl groups excluding tert-OH is 1. The molecule has 37 heavy (non-hydrogen) atoms. The van der Waals surface area contributed by atoms with Gasteiger partial charge < -0.3 is 19.1 Å². The Hall–Kier alpha value is -2.54. The van der Waals surface area contributed by atoms with Crippen molar-refractivity contribution in [3.05, 3.63) is 70.7 Å². The van der Waals surface area contributed by atoms with Crippen LogP contribution in [0.1, 0.15) is 6.04 Å². The lowest BCUT2D eigenvalue weighted by Gasteiger charge is -2.37. The van der Waals surface area contributed by atoms with E-state index in [1.54, 1.807) is 24.3 Å². The molecule has 0 bridgehead atoms. The van der Waals surface area contributed by atoms with Crippen LogP contribution in [-0.2, 0) is 14.7 Å². The van der Waals surface area contributed by atoms with E-state index < -0.39 is 40.2 Å². The second kappa shape index (κ2) is 9.64. The van der Waals surface area contributed by atoms with Crippen LogP contribution < -0.4 is 9.46 Å². The molecule has 2 heterocycles. The molecular formula is C24H20Cl2F3N3O4S. The molecule has 0 spiro atoms. The second-order valence-corrected chi connectivity index (χ2v) is 11.3. The largest absolute Gasteiger partial charge is 0.573 e. The molecule has 13 heteroatoms. The number of hydrogen-bond acceptors (Lipinski definition) is 5. The van der Waals surface area contributed by atoms with Gasteiger partial charge in [0, 0.05) is 31.9 Å². The summed E-state index contributed by atoms with van der Waals surface area (Å²) in [6, 6.07) is 13.4. The first-order valence-electron chi connectivity index (χ1n) is 11.0. The minimum absolute atomic E-state index is 0.0302. The number of ether oxygens (including phenoxy) is 2. The van der Waals surface area contributed by atoms with Crippen LogP contribution in [0, 0.1) is 4.78 Å². The fourth-order valence-electron chi connectivity index (χ4n) is 4.58. The van der Waals surface area contributed by atoms with Crippen LogP contribution in [0.25, 0.3) is 21.8 Å². The molecule has 0 saturated carbocycles. The molecule has 3 N–H and O–H groups in total. The van der Waals surface area contributed by atoms with E-state index >= 15 is 0 Å². The van der Waals surface area contributed by atoms with Crippen LogP contribution in [0.15, 0.2) is 65.6 Å². The maximum absolute atomic E-state index is 13.2. The quantitative estimate of drug-likeness (QED) is 0.276. The first-order valence-corrected chi connectivity index (χ1v) is 13.3. The third kappa shape index (κ3) is 5.25. The Morgan fingerprint density at radius 1 is 1.00 bits per heavy atom. The smallest absolute Gasteiger partial charge is 0.406 e. The summed E-state index contributed by atoms with van der Waals surface area (Å²) >= 11 is 12.5. The fourth-order valence-corrected chi connectivity index (χ4v) is 6.21. The number of aliphatic hydroxyl groups is 1. The number of nitrogens with zero attached hydrogens (tertiary/aromatic N) is 1. The molecule has 196 valence electrons. The normalized spacial score (nSPS) is 22.3. The Balaban J connectivity index is 1.45. The Labute approximate surface area is 219 Å². The van der Waals surface area contributed by atoms with Crippen molar-refractivity contribution in [2.75, 3.05) is 13.2 Å². The monoisotopic (exact) mass is 573 g/mol. The summed E-state index contributed by atoms with van der Waals surface area (Å²) < 4.78 is 72.9. The van der Waals surface area contributed by atoms with Gasteiger partial charge in [-0.3, -0.25) is 0 Å². The number of nitrogens with one attached hydrogen (secondary N) is 2. The molecule has 0 amide bonds. The highest BCUT2D eigenvalue weighted by Gasteiger charge is 2.37. The first-order chi connectivity index (χ1) is 17.4. The van der Waals surface area contributed by atoms with Gasteiger partial charge in [-0.05, 0) is 60.7 Å². The van der Waals surface area contributed by atoms with Crippen LogP contribution in [0.2, 0.25) is 10.0 Å². The van der Waals surface area contributed by atoms with Crippen molar-refractivity contribution in [3.8, 4) is 5.75 Å². The van der Waals surface area contributed by atoms with E-state index in [0.29, 0.717) is 10.0 Å². The van der Waals surface area contributed by atoms with Gasteiger partial charge in [0.25, 0.3) is 0 Å². The molecule has 1 aliphatic heterocycles. The van der Waals surface area contributed by atoms with Gasteiger partial charge in [0.15, 0.2) is 0 Å². The molecule has 4 atom stereocenters. The molecule has 1 unspecified atom stereocenters. The lowest BCUT2D eigenvalue weighted by molar-refractivity contribution is -0.274. The molecular weight excluding hydrogens is 554 g/mol. The predicted octanol–water partition coefficient (Wildman–Crippen LogP) is 5.91. The van der Waals surface area contributed by atoms with Gasteiger partial charge in [-0.2, -0.15) is 0 Å². The van der Waals surface area contributed by atoms with Crippen molar-refractivity contribution in [1.82, 2.24) is 9.29 Å². The molecule has 0 aliphatic carbocycles. The molecule has 1 saturated heterocycles. The summed E-state index contributed by atoms with van der Waals surface area (Å²) in [5.74, 6) is -0.501. The summed E-state index contributed by atoms with van der Waals surface area (Å²) in [7, 11) is -3.71. The van der Waals surface area contributed by atoms with Crippen molar-refractivity contribution in [2.45, 2.75) is 29.4 Å². The number of aromatic nitrogens is 1. The lowest BCUT2D eigenvalue weighted by atomic mass is 10.0. The van der Waals surface area contributed by atoms with Gasteiger partial charge in [0.05, 0.1) is 36.3 Å². The number of benzene rings is 3. The van der Waals surface area contributed by atoms with Crippen LogP contribution in [0.4, 0.5) is 13.2 Å². The van der Waals surface area contributed by atoms with Crippen LogP contribution in [0.5, 0.6) is 5.75 Å². The predicted molar refractivity (Wildman–Crippen MR) is 135 cm³/mol. The highest BCUT2D eigenvalue weighted by molar-refractivity contribution is 7.90. The Bertz CT molecular complexity index is 1520. The maximum Gasteiger partial charge on any atom is 0.573 e. The molecule has 5 rings (SSSR count). The molecule has 1 aliphatic rings. The highest BCUT2D eigenvalue weighted by atomic mass is 35.5. The number of rotatable bonds is 5.